The minimum absolute atomic E-state index is 0.0979. The molecule has 0 aliphatic carbocycles. The first-order valence-corrected chi connectivity index (χ1v) is 7.57. The van der Waals surface area contributed by atoms with E-state index >= 15 is 0 Å². The Balaban J connectivity index is 2.19. The van der Waals surface area contributed by atoms with Gasteiger partial charge in [-0.2, -0.15) is 0 Å². The summed E-state index contributed by atoms with van der Waals surface area (Å²) in [4.78, 5) is 0. The van der Waals surface area contributed by atoms with Crippen LogP contribution in [0.4, 0.5) is 0 Å². The van der Waals surface area contributed by atoms with Crippen LogP contribution in [0.5, 0.6) is 0 Å². The number of ether oxygens (including phenoxy) is 1. The lowest BCUT2D eigenvalue weighted by molar-refractivity contribution is -0.108. The fraction of sp³-hybridized carbons (Fsp3) is 0.647. The normalized spacial score (nSPS) is 27.2. The molecule has 20 heavy (non-hydrogen) atoms. The third kappa shape index (κ3) is 3.36. The molecule has 1 aromatic rings. The summed E-state index contributed by atoms with van der Waals surface area (Å²) in [5.41, 5.74) is -0.206. The van der Waals surface area contributed by atoms with Crippen LogP contribution in [0.3, 0.4) is 0 Å². The Bertz CT molecular complexity index is 474. The average molecular weight is 297 g/mol. The highest BCUT2D eigenvalue weighted by atomic mass is 35.5. The van der Waals surface area contributed by atoms with Crippen molar-refractivity contribution in [2.24, 2.45) is 5.92 Å². The molecule has 0 aromatic heterocycles. The topological polar surface area (TPSA) is 29.5 Å². The minimum atomic E-state index is -0.800. The van der Waals surface area contributed by atoms with Gasteiger partial charge in [-0.05, 0) is 58.7 Å². The van der Waals surface area contributed by atoms with Crippen LogP contribution < -0.4 is 0 Å². The van der Waals surface area contributed by atoms with Gasteiger partial charge in [0.05, 0.1) is 16.8 Å². The van der Waals surface area contributed by atoms with Gasteiger partial charge < -0.3 is 9.84 Å². The number of hydrogen-bond acceptors (Lipinski definition) is 2. The maximum atomic E-state index is 11.0. The zero-order chi connectivity index (χ0) is 15.2. The molecule has 2 atom stereocenters. The lowest BCUT2D eigenvalue weighted by Crippen LogP contribution is -2.46. The van der Waals surface area contributed by atoms with Gasteiger partial charge in [-0.25, -0.2) is 0 Å². The molecule has 3 heteroatoms. The summed E-state index contributed by atoms with van der Waals surface area (Å²) in [5, 5.41) is 11.7. The van der Waals surface area contributed by atoms with Crippen LogP contribution >= 0.6 is 11.6 Å². The fourth-order valence-electron chi connectivity index (χ4n) is 3.67. The van der Waals surface area contributed by atoms with Crippen LogP contribution in [0.25, 0.3) is 0 Å². The third-order valence-corrected chi connectivity index (χ3v) is 4.55. The first-order chi connectivity index (χ1) is 9.02. The van der Waals surface area contributed by atoms with E-state index < -0.39 is 5.60 Å². The largest absolute Gasteiger partial charge is 0.389 e. The van der Waals surface area contributed by atoms with Gasteiger partial charge in [-0.15, -0.1) is 0 Å². The van der Waals surface area contributed by atoms with Crippen molar-refractivity contribution < 1.29 is 9.84 Å². The molecule has 112 valence electrons. The van der Waals surface area contributed by atoms with E-state index in [4.69, 9.17) is 16.3 Å². The van der Waals surface area contributed by atoms with Crippen LogP contribution in [0.2, 0.25) is 5.02 Å². The fourth-order valence-corrected chi connectivity index (χ4v) is 3.80. The Hall–Kier alpha value is -0.570. The van der Waals surface area contributed by atoms with E-state index in [-0.39, 0.29) is 17.1 Å². The summed E-state index contributed by atoms with van der Waals surface area (Å²) < 4.78 is 6.11. The number of halogens is 1. The number of hydrogen-bond donors (Lipinski definition) is 1. The molecule has 0 bridgehead atoms. The van der Waals surface area contributed by atoms with Crippen molar-refractivity contribution >= 4 is 11.6 Å². The van der Waals surface area contributed by atoms with Gasteiger partial charge in [0.25, 0.3) is 0 Å². The first-order valence-electron chi connectivity index (χ1n) is 7.19. The maximum absolute atomic E-state index is 11.0. The molecule has 0 saturated carbocycles. The van der Waals surface area contributed by atoms with Gasteiger partial charge in [0, 0.05) is 17.4 Å². The highest BCUT2D eigenvalue weighted by molar-refractivity contribution is 6.30. The van der Waals surface area contributed by atoms with Crippen LogP contribution in [0.15, 0.2) is 24.3 Å². The second-order valence-corrected chi connectivity index (χ2v) is 7.82. The molecule has 1 fully saturated rings. The number of aliphatic hydroxyl groups is 1. The summed E-state index contributed by atoms with van der Waals surface area (Å²) in [6.07, 6.45) is 1.47. The van der Waals surface area contributed by atoms with Crippen molar-refractivity contribution in [3.05, 3.63) is 34.9 Å². The molecule has 1 heterocycles. The predicted molar refractivity (Wildman–Crippen MR) is 83.1 cm³/mol. The third-order valence-electron chi connectivity index (χ3n) is 4.30. The smallest absolute Gasteiger partial charge is 0.0716 e. The van der Waals surface area contributed by atoms with E-state index in [1.165, 1.54) is 0 Å². The van der Waals surface area contributed by atoms with Gasteiger partial charge in [-0.3, -0.25) is 0 Å². The van der Waals surface area contributed by atoms with E-state index in [0.717, 1.165) is 17.0 Å². The Kier molecular flexibility index (Phi) is 3.96. The summed E-state index contributed by atoms with van der Waals surface area (Å²) in [5.74, 6) is 0.0979. The summed E-state index contributed by atoms with van der Waals surface area (Å²) >= 11 is 5.91. The molecule has 1 aromatic carbocycles. The Morgan fingerprint density at radius 1 is 1.25 bits per heavy atom. The van der Waals surface area contributed by atoms with E-state index in [1.807, 2.05) is 31.2 Å². The molecule has 0 spiro atoms. The number of benzene rings is 1. The van der Waals surface area contributed by atoms with Crippen LogP contribution in [-0.4, -0.2) is 21.9 Å². The standard InChI is InChI=1S/C17H25ClO2/c1-15(2)11-14(16(3,4)20-15)17(5,19)10-12-6-8-13(18)9-7-12/h6-9,14,19H,10-11H2,1-5H3. The second-order valence-electron chi connectivity index (χ2n) is 7.38. The number of rotatable bonds is 3. The van der Waals surface area contributed by atoms with Gasteiger partial charge in [-0.1, -0.05) is 23.7 Å². The molecule has 2 unspecified atom stereocenters. The lowest BCUT2D eigenvalue weighted by Gasteiger charge is -2.37. The molecule has 1 aliphatic heterocycles. The average Bonchev–Trinajstić information content (AvgIpc) is 2.50. The van der Waals surface area contributed by atoms with Crippen LogP contribution in [-0.2, 0) is 11.2 Å². The zero-order valence-electron chi connectivity index (χ0n) is 13.0. The van der Waals surface area contributed by atoms with Gasteiger partial charge in [0.1, 0.15) is 0 Å². The molecule has 2 rings (SSSR count). The summed E-state index contributed by atoms with van der Waals surface area (Å²) in [6, 6.07) is 7.69. The maximum Gasteiger partial charge on any atom is 0.0716 e. The van der Waals surface area contributed by atoms with E-state index in [0.29, 0.717) is 6.42 Å². The highest BCUT2D eigenvalue weighted by Gasteiger charge is 2.53. The van der Waals surface area contributed by atoms with Crippen molar-refractivity contribution in [1.82, 2.24) is 0 Å². The van der Waals surface area contributed by atoms with E-state index in [9.17, 15) is 5.11 Å². The van der Waals surface area contributed by atoms with Gasteiger partial charge in [0.2, 0.25) is 0 Å². The Morgan fingerprint density at radius 3 is 2.25 bits per heavy atom. The van der Waals surface area contributed by atoms with Crippen molar-refractivity contribution in [1.29, 1.82) is 0 Å². The summed E-state index contributed by atoms with van der Waals surface area (Å²) in [7, 11) is 0. The molecular weight excluding hydrogens is 272 g/mol. The minimum Gasteiger partial charge on any atom is -0.389 e. The lowest BCUT2D eigenvalue weighted by atomic mass is 9.73. The molecule has 0 amide bonds. The van der Waals surface area contributed by atoms with Crippen LogP contribution in [0.1, 0.15) is 46.6 Å². The monoisotopic (exact) mass is 296 g/mol. The first kappa shape index (κ1) is 15.8. The molecule has 1 N–H and O–H groups in total. The molecule has 2 nitrogen and oxygen atoms in total. The SMILES string of the molecule is CC1(C)CC(C(C)(O)Cc2ccc(Cl)cc2)C(C)(C)O1. The zero-order valence-corrected chi connectivity index (χ0v) is 13.8. The van der Waals surface area contributed by atoms with E-state index in [1.54, 1.807) is 0 Å². The van der Waals surface area contributed by atoms with Crippen molar-refractivity contribution in [3.8, 4) is 0 Å². The van der Waals surface area contributed by atoms with Gasteiger partial charge in [0.15, 0.2) is 0 Å². The van der Waals surface area contributed by atoms with Gasteiger partial charge >= 0.3 is 0 Å². The van der Waals surface area contributed by atoms with Crippen molar-refractivity contribution in [3.63, 3.8) is 0 Å². The molecular formula is C17H25ClO2. The molecule has 1 saturated heterocycles. The summed E-state index contributed by atoms with van der Waals surface area (Å²) in [6.45, 7) is 10.2. The quantitative estimate of drug-likeness (QED) is 0.904. The molecule has 0 radical (unpaired) electrons. The van der Waals surface area contributed by atoms with Crippen molar-refractivity contribution in [2.45, 2.75) is 64.3 Å². The molecule has 1 aliphatic rings. The predicted octanol–water partition coefficient (Wildman–Crippen LogP) is 4.23. The highest BCUT2D eigenvalue weighted by Crippen LogP contribution is 2.47. The second kappa shape index (κ2) is 5.01. The van der Waals surface area contributed by atoms with E-state index in [2.05, 4.69) is 27.7 Å². The Labute approximate surface area is 127 Å². The van der Waals surface area contributed by atoms with Crippen LogP contribution in [0, 0.1) is 5.92 Å². The van der Waals surface area contributed by atoms with Crippen molar-refractivity contribution in [2.75, 3.05) is 0 Å². The Morgan fingerprint density at radius 2 is 1.80 bits per heavy atom.